The fourth-order valence-corrected chi connectivity index (χ4v) is 3.42. The minimum Gasteiger partial charge on any atom is -0.480 e. The summed E-state index contributed by atoms with van der Waals surface area (Å²) in [5.74, 6) is -0.657. The van der Waals surface area contributed by atoms with Crippen LogP contribution in [0.1, 0.15) is 22.8 Å². The summed E-state index contributed by atoms with van der Waals surface area (Å²) in [6.45, 7) is 1.51. The number of carbonyl (C=O) groups excluding carboxylic acids is 3. The molecule has 3 amide bonds. The largest absolute Gasteiger partial charge is 0.480 e. The van der Waals surface area contributed by atoms with Gasteiger partial charge in [-0.2, -0.15) is 5.26 Å². The lowest BCUT2D eigenvalue weighted by molar-refractivity contribution is -0.122. The number of hydrogen-bond donors (Lipinski definition) is 2. The molecule has 3 aromatic carbocycles. The quantitative estimate of drug-likeness (QED) is 0.630. The van der Waals surface area contributed by atoms with Gasteiger partial charge in [-0.1, -0.05) is 24.3 Å². The van der Waals surface area contributed by atoms with Crippen molar-refractivity contribution in [1.82, 2.24) is 0 Å². The summed E-state index contributed by atoms with van der Waals surface area (Å²) >= 11 is 0. The normalized spacial score (nSPS) is 13.2. The molecule has 1 heterocycles. The van der Waals surface area contributed by atoms with Gasteiger partial charge in [0.25, 0.3) is 11.8 Å². The lowest BCUT2D eigenvalue weighted by Gasteiger charge is -2.29. The number of ether oxygens (including phenoxy) is 1. The summed E-state index contributed by atoms with van der Waals surface area (Å²) in [5, 5.41) is 14.6. The zero-order valence-electron chi connectivity index (χ0n) is 17.7. The highest BCUT2D eigenvalue weighted by Gasteiger charge is 2.27. The van der Waals surface area contributed by atoms with E-state index in [1.54, 1.807) is 79.7 Å². The number of rotatable bonds is 5. The fourth-order valence-electron chi connectivity index (χ4n) is 3.42. The third-order valence-corrected chi connectivity index (χ3v) is 5.10. The third-order valence-electron chi connectivity index (χ3n) is 5.10. The van der Waals surface area contributed by atoms with Crippen molar-refractivity contribution in [2.24, 2.45) is 0 Å². The molecule has 1 aliphatic heterocycles. The molecule has 33 heavy (non-hydrogen) atoms. The Hall–Kier alpha value is -4.64. The van der Waals surface area contributed by atoms with Crippen LogP contribution in [-0.2, 0) is 9.59 Å². The molecule has 4 rings (SSSR count). The minimum atomic E-state index is -0.843. The van der Waals surface area contributed by atoms with Gasteiger partial charge in [0.05, 0.1) is 16.9 Å². The van der Waals surface area contributed by atoms with E-state index in [1.165, 1.54) is 4.90 Å². The number of nitrogens with zero attached hydrogens (tertiary/aromatic N) is 2. The summed E-state index contributed by atoms with van der Waals surface area (Å²) in [6, 6.07) is 22.2. The first-order valence-corrected chi connectivity index (χ1v) is 10.2. The Morgan fingerprint density at radius 3 is 2.52 bits per heavy atom. The highest BCUT2D eigenvalue weighted by Crippen LogP contribution is 2.30. The number of hydrogen-bond acceptors (Lipinski definition) is 5. The van der Waals surface area contributed by atoms with Crippen molar-refractivity contribution in [2.75, 3.05) is 22.1 Å². The topological polar surface area (TPSA) is 112 Å². The number of benzene rings is 3. The molecule has 0 radical (unpaired) electrons. The van der Waals surface area contributed by atoms with Gasteiger partial charge in [0, 0.05) is 11.3 Å². The SMILES string of the molecule is CC(Oc1ccccc1C#N)C(=O)Nc1ccc(C(=O)N2CC(=O)Nc3ccccc32)cc1. The Labute approximate surface area is 190 Å². The van der Waals surface area contributed by atoms with Crippen molar-refractivity contribution in [1.29, 1.82) is 5.26 Å². The van der Waals surface area contributed by atoms with Gasteiger partial charge in [-0.05, 0) is 55.5 Å². The molecule has 0 bridgehead atoms. The number of nitriles is 1. The zero-order chi connectivity index (χ0) is 23.4. The molecule has 0 fully saturated rings. The van der Waals surface area contributed by atoms with Crippen LogP contribution in [0.25, 0.3) is 0 Å². The minimum absolute atomic E-state index is 0.0760. The van der Waals surface area contributed by atoms with E-state index in [-0.39, 0.29) is 18.4 Å². The Kier molecular flexibility index (Phi) is 6.04. The summed E-state index contributed by atoms with van der Waals surface area (Å²) in [4.78, 5) is 39.0. The van der Waals surface area contributed by atoms with Gasteiger partial charge in [-0.3, -0.25) is 19.3 Å². The number of para-hydroxylation sites is 3. The molecule has 0 spiro atoms. The lowest BCUT2D eigenvalue weighted by atomic mass is 10.1. The Bertz CT molecular complexity index is 1260. The van der Waals surface area contributed by atoms with Crippen LogP contribution in [0.2, 0.25) is 0 Å². The molecule has 8 heteroatoms. The van der Waals surface area contributed by atoms with Crippen molar-refractivity contribution in [3.8, 4) is 11.8 Å². The van der Waals surface area contributed by atoms with Gasteiger partial charge >= 0.3 is 0 Å². The Morgan fingerprint density at radius 2 is 1.76 bits per heavy atom. The second-order valence-corrected chi connectivity index (χ2v) is 7.39. The molecule has 8 nitrogen and oxygen atoms in total. The molecule has 2 N–H and O–H groups in total. The number of amides is 3. The predicted octanol–water partition coefficient (Wildman–Crippen LogP) is 3.56. The molecule has 164 valence electrons. The van der Waals surface area contributed by atoms with Crippen LogP contribution in [0.5, 0.6) is 5.75 Å². The number of anilines is 3. The molecule has 1 unspecified atom stereocenters. The van der Waals surface area contributed by atoms with Gasteiger partial charge in [-0.15, -0.1) is 0 Å². The second-order valence-electron chi connectivity index (χ2n) is 7.39. The van der Waals surface area contributed by atoms with Crippen LogP contribution in [0.15, 0.2) is 72.8 Å². The van der Waals surface area contributed by atoms with Gasteiger partial charge in [-0.25, -0.2) is 0 Å². The van der Waals surface area contributed by atoms with Crippen LogP contribution in [0, 0.1) is 11.3 Å². The van der Waals surface area contributed by atoms with E-state index in [2.05, 4.69) is 10.6 Å². The highest BCUT2D eigenvalue weighted by atomic mass is 16.5. The van der Waals surface area contributed by atoms with Crippen molar-refractivity contribution in [3.05, 3.63) is 83.9 Å². The van der Waals surface area contributed by atoms with E-state index in [1.807, 2.05) is 6.07 Å². The number of fused-ring (bicyclic) bond motifs is 1. The first-order valence-electron chi connectivity index (χ1n) is 10.2. The standard InChI is InChI=1S/C25H20N4O4/c1-16(33-22-9-5-2-6-18(22)14-26)24(31)27-19-12-10-17(11-13-19)25(32)29-15-23(30)28-20-7-3-4-8-21(20)29/h2-13,16H,15H2,1H3,(H,27,31)(H,28,30). The molecule has 0 aromatic heterocycles. The van der Waals surface area contributed by atoms with Crippen LogP contribution in [0.3, 0.4) is 0 Å². The maximum Gasteiger partial charge on any atom is 0.265 e. The van der Waals surface area contributed by atoms with Gasteiger partial charge < -0.3 is 15.4 Å². The average Bonchev–Trinajstić information content (AvgIpc) is 2.83. The fraction of sp³-hybridized carbons (Fsp3) is 0.120. The van der Waals surface area contributed by atoms with E-state index in [0.717, 1.165) is 0 Å². The van der Waals surface area contributed by atoms with Crippen LogP contribution < -0.4 is 20.3 Å². The summed E-state index contributed by atoms with van der Waals surface area (Å²) in [5.41, 5.74) is 2.41. The molecule has 0 saturated heterocycles. The third kappa shape index (κ3) is 4.67. The number of carbonyl (C=O) groups is 3. The molecule has 3 aromatic rings. The Morgan fingerprint density at radius 1 is 1.06 bits per heavy atom. The molecule has 1 atom stereocenters. The van der Waals surface area contributed by atoms with Crippen LogP contribution >= 0.6 is 0 Å². The van der Waals surface area contributed by atoms with Crippen LogP contribution in [-0.4, -0.2) is 30.4 Å². The summed E-state index contributed by atoms with van der Waals surface area (Å²) < 4.78 is 5.62. The maximum atomic E-state index is 13.0. The summed E-state index contributed by atoms with van der Waals surface area (Å²) in [7, 11) is 0. The zero-order valence-corrected chi connectivity index (χ0v) is 17.7. The van der Waals surface area contributed by atoms with Crippen molar-refractivity contribution < 1.29 is 19.1 Å². The van der Waals surface area contributed by atoms with Crippen molar-refractivity contribution in [2.45, 2.75) is 13.0 Å². The first kappa shape index (κ1) is 21.6. The monoisotopic (exact) mass is 440 g/mol. The van der Waals surface area contributed by atoms with E-state index >= 15 is 0 Å². The van der Waals surface area contributed by atoms with E-state index in [9.17, 15) is 14.4 Å². The summed E-state index contributed by atoms with van der Waals surface area (Å²) in [6.07, 6.45) is -0.843. The first-order chi connectivity index (χ1) is 16.0. The van der Waals surface area contributed by atoms with Crippen LogP contribution in [0.4, 0.5) is 17.1 Å². The molecule has 0 saturated carbocycles. The van der Waals surface area contributed by atoms with E-state index in [4.69, 9.17) is 10.00 Å². The molecular weight excluding hydrogens is 420 g/mol. The van der Waals surface area contributed by atoms with Gasteiger partial charge in [0.2, 0.25) is 5.91 Å². The smallest absolute Gasteiger partial charge is 0.265 e. The van der Waals surface area contributed by atoms with E-state index in [0.29, 0.717) is 33.9 Å². The highest BCUT2D eigenvalue weighted by molar-refractivity contribution is 6.15. The maximum absolute atomic E-state index is 13.0. The second kappa shape index (κ2) is 9.24. The van der Waals surface area contributed by atoms with E-state index < -0.39 is 12.0 Å². The van der Waals surface area contributed by atoms with Crippen molar-refractivity contribution in [3.63, 3.8) is 0 Å². The average molecular weight is 440 g/mol. The van der Waals surface area contributed by atoms with Gasteiger partial charge in [0.1, 0.15) is 18.4 Å². The van der Waals surface area contributed by atoms with Crippen molar-refractivity contribution >= 4 is 34.8 Å². The molecular formula is C25H20N4O4. The predicted molar refractivity (Wildman–Crippen MR) is 123 cm³/mol. The molecule has 1 aliphatic rings. The van der Waals surface area contributed by atoms with Gasteiger partial charge in [0.15, 0.2) is 6.10 Å². The lowest BCUT2D eigenvalue weighted by Crippen LogP contribution is -2.42. The molecule has 0 aliphatic carbocycles. The number of nitrogens with one attached hydrogen (secondary N) is 2. The Balaban J connectivity index is 1.43.